The third-order valence-corrected chi connectivity index (χ3v) is 4.77. The van der Waals surface area contributed by atoms with Crippen molar-refractivity contribution in [3.63, 3.8) is 0 Å². The maximum absolute atomic E-state index is 10.9. The highest BCUT2D eigenvalue weighted by atomic mass is 32.2. The average molecular weight is 351 g/mol. The van der Waals surface area contributed by atoms with Crippen molar-refractivity contribution in [2.45, 2.75) is 13.3 Å². The van der Waals surface area contributed by atoms with Crippen LogP contribution in [0.15, 0.2) is 18.5 Å². The molecule has 1 saturated heterocycles. The van der Waals surface area contributed by atoms with E-state index in [1.54, 1.807) is 13.4 Å². The number of hydrogen-bond acceptors (Lipinski definition) is 6. The van der Waals surface area contributed by atoms with Crippen LogP contribution in [0.1, 0.15) is 12.0 Å². The Balaban J connectivity index is 1.73. The monoisotopic (exact) mass is 351 g/mol. The molecule has 1 aromatic heterocycles. The third-order valence-electron chi connectivity index (χ3n) is 4.16. The van der Waals surface area contributed by atoms with Gasteiger partial charge < -0.3 is 9.64 Å². The smallest absolute Gasteiger partial charge is 0.274 e. The van der Waals surface area contributed by atoms with Gasteiger partial charge in [-0.05, 0) is 37.0 Å². The molecule has 3 N–H and O–H groups in total. The second kappa shape index (κ2) is 6.50. The number of aryl methyl sites for hydroxylation is 1. The number of nitrogens with zero attached hydrogens (tertiary/aromatic N) is 3. The number of anilines is 1. The van der Waals surface area contributed by atoms with Crippen LogP contribution in [0.5, 0.6) is 5.75 Å². The van der Waals surface area contributed by atoms with Crippen LogP contribution in [-0.2, 0) is 10.2 Å². The molecule has 1 aromatic carbocycles. The van der Waals surface area contributed by atoms with Gasteiger partial charge in [0, 0.05) is 19.6 Å². The number of methoxy groups -OCH3 is 1. The summed E-state index contributed by atoms with van der Waals surface area (Å²) >= 11 is 0. The highest BCUT2D eigenvalue weighted by Gasteiger charge is 2.29. The Labute approximate surface area is 141 Å². The Hall–Kier alpha value is -1.97. The molecule has 0 spiro atoms. The predicted octanol–water partition coefficient (Wildman–Crippen LogP) is 0.566. The van der Waals surface area contributed by atoms with E-state index in [-0.39, 0.29) is 0 Å². The molecule has 24 heavy (non-hydrogen) atoms. The molecule has 2 heterocycles. The number of hydrogen-bond donors (Lipinski definition) is 2. The largest absolute Gasteiger partial charge is 0.496 e. The van der Waals surface area contributed by atoms with Gasteiger partial charge in [-0.25, -0.2) is 19.8 Å². The number of nitrogens with one attached hydrogen (secondary N) is 1. The third kappa shape index (κ3) is 3.58. The maximum Gasteiger partial charge on any atom is 0.274 e. The molecule has 1 aliphatic rings. The minimum atomic E-state index is -3.61. The number of nitrogens with two attached hydrogens (primary N) is 1. The van der Waals surface area contributed by atoms with Crippen molar-refractivity contribution in [2.75, 3.05) is 31.6 Å². The lowest BCUT2D eigenvalue weighted by Gasteiger charge is -2.40. The zero-order chi connectivity index (χ0) is 17.3. The predicted molar refractivity (Wildman–Crippen MR) is 92.3 cm³/mol. The Morgan fingerprint density at radius 1 is 1.38 bits per heavy atom. The van der Waals surface area contributed by atoms with Gasteiger partial charge in [-0.15, -0.1) is 0 Å². The molecule has 9 heteroatoms. The first-order valence-electron chi connectivity index (χ1n) is 7.69. The summed E-state index contributed by atoms with van der Waals surface area (Å²) in [6, 6.07) is 3.98. The molecule has 0 aliphatic carbocycles. The lowest BCUT2D eigenvalue weighted by molar-refractivity contribution is 0.381. The summed E-state index contributed by atoms with van der Waals surface area (Å²) in [5.41, 5.74) is 1.94. The van der Waals surface area contributed by atoms with E-state index < -0.39 is 10.2 Å². The van der Waals surface area contributed by atoms with Crippen molar-refractivity contribution in [1.82, 2.24) is 14.7 Å². The van der Waals surface area contributed by atoms with Crippen LogP contribution in [0.2, 0.25) is 0 Å². The summed E-state index contributed by atoms with van der Waals surface area (Å²) in [5, 5.41) is 5.83. The standard InChI is InChI=1S/C15H21N5O3S/c1-10-5-12-14(13(6-10)23-2)15(18-9-17-12)20-7-11(8-20)3-4-19-24(16,21)22/h5-6,9,11,19H,3-4,7-8H2,1-2H3,(H2,16,21,22). The molecule has 1 fully saturated rings. The van der Waals surface area contributed by atoms with Crippen molar-refractivity contribution in [2.24, 2.45) is 11.1 Å². The van der Waals surface area contributed by atoms with Crippen LogP contribution >= 0.6 is 0 Å². The Kier molecular flexibility index (Phi) is 4.57. The first-order chi connectivity index (χ1) is 11.4. The molecule has 1 aliphatic heterocycles. The highest BCUT2D eigenvalue weighted by molar-refractivity contribution is 7.87. The van der Waals surface area contributed by atoms with Crippen LogP contribution < -0.4 is 19.5 Å². The molecule has 0 atom stereocenters. The second-order valence-electron chi connectivity index (χ2n) is 6.06. The fraction of sp³-hybridized carbons (Fsp3) is 0.467. The van der Waals surface area contributed by atoms with Gasteiger partial charge >= 0.3 is 0 Å². The summed E-state index contributed by atoms with van der Waals surface area (Å²) in [5.74, 6) is 2.02. The topological polar surface area (TPSA) is 110 Å². The SMILES string of the molecule is COc1cc(C)cc2ncnc(N3CC(CCNS(N)(=O)=O)C3)c12. The van der Waals surface area contributed by atoms with Gasteiger partial charge in [-0.1, -0.05) is 0 Å². The fourth-order valence-corrected chi connectivity index (χ4v) is 3.41. The molecule has 0 saturated carbocycles. The first kappa shape index (κ1) is 16.9. The van der Waals surface area contributed by atoms with Crippen LogP contribution in [0, 0.1) is 12.8 Å². The van der Waals surface area contributed by atoms with Crippen molar-refractivity contribution in [3.05, 3.63) is 24.0 Å². The van der Waals surface area contributed by atoms with E-state index in [1.807, 2.05) is 19.1 Å². The molecular formula is C15H21N5O3S. The average Bonchev–Trinajstić information content (AvgIpc) is 2.47. The van der Waals surface area contributed by atoms with E-state index in [9.17, 15) is 8.42 Å². The molecule has 0 radical (unpaired) electrons. The molecule has 130 valence electrons. The summed E-state index contributed by atoms with van der Waals surface area (Å²) < 4.78 is 29.6. The van der Waals surface area contributed by atoms with Gasteiger partial charge in [0.1, 0.15) is 17.9 Å². The van der Waals surface area contributed by atoms with Crippen molar-refractivity contribution >= 4 is 26.9 Å². The zero-order valence-corrected chi connectivity index (χ0v) is 14.5. The van der Waals surface area contributed by atoms with Gasteiger partial charge in [0.2, 0.25) is 0 Å². The molecule has 2 aromatic rings. The van der Waals surface area contributed by atoms with E-state index in [0.717, 1.165) is 47.5 Å². The van der Waals surface area contributed by atoms with Gasteiger partial charge in [-0.2, -0.15) is 8.42 Å². The Morgan fingerprint density at radius 3 is 2.79 bits per heavy atom. The number of rotatable bonds is 6. The molecule has 0 amide bonds. The summed E-state index contributed by atoms with van der Waals surface area (Å²) in [6.45, 7) is 3.98. The van der Waals surface area contributed by atoms with Gasteiger partial charge in [-0.3, -0.25) is 0 Å². The highest BCUT2D eigenvalue weighted by Crippen LogP contribution is 2.36. The summed E-state index contributed by atoms with van der Waals surface area (Å²) in [4.78, 5) is 10.9. The van der Waals surface area contributed by atoms with Crippen molar-refractivity contribution in [3.8, 4) is 5.75 Å². The molecule has 0 unspecified atom stereocenters. The normalized spacial score (nSPS) is 15.5. The first-order valence-corrected chi connectivity index (χ1v) is 9.23. The van der Waals surface area contributed by atoms with Gasteiger partial charge in [0.25, 0.3) is 10.2 Å². The number of fused-ring (bicyclic) bond motifs is 1. The van der Waals surface area contributed by atoms with E-state index in [2.05, 4.69) is 19.6 Å². The Bertz CT molecular complexity index is 850. The number of ether oxygens (including phenoxy) is 1. The fourth-order valence-electron chi connectivity index (χ4n) is 3.00. The number of benzene rings is 1. The van der Waals surface area contributed by atoms with E-state index in [4.69, 9.17) is 9.88 Å². The zero-order valence-electron chi connectivity index (χ0n) is 13.7. The maximum atomic E-state index is 10.9. The van der Waals surface area contributed by atoms with E-state index in [1.165, 1.54) is 0 Å². The molecular weight excluding hydrogens is 330 g/mol. The van der Waals surface area contributed by atoms with Gasteiger partial charge in [0.05, 0.1) is 18.0 Å². The summed E-state index contributed by atoms with van der Waals surface area (Å²) in [7, 11) is -1.97. The molecule has 3 rings (SSSR count). The van der Waals surface area contributed by atoms with E-state index in [0.29, 0.717) is 12.5 Å². The van der Waals surface area contributed by atoms with Crippen LogP contribution in [0.3, 0.4) is 0 Å². The lowest BCUT2D eigenvalue weighted by Crippen LogP contribution is -2.48. The second-order valence-corrected chi connectivity index (χ2v) is 7.44. The summed E-state index contributed by atoms with van der Waals surface area (Å²) in [6.07, 6.45) is 2.30. The lowest BCUT2D eigenvalue weighted by atomic mass is 9.96. The quantitative estimate of drug-likeness (QED) is 0.787. The molecule has 8 nitrogen and oxygen atoms in total. The molecule has 0 bridgehead atoms. The van der Waals surface area contributed by atoms with E-state index >= 15 is 0 Å². The van der Waals surface area contributed by atoms with Crippen LogP contribution in [0.25, 0.3) is 10.9 Å². The van der Waals surface area contributed by atoms with Crippen molar-refractivity contribution in [1.29, 1.82) is 0 Å². The van der Waals surface area contributed by atoms with Crippen LogP contribution in [-0.4, -0.2) is 45.1 Å². The van der Waals surface area contributed by atoms with Gasteiger partial charge in [0.15, 0.2) is 0 Å². The number of aromatic nitrogens is 2. The Morgan fingerprint density at radius 2 is 2.12 bits per heavy atom. The minimum Gasteiger partial charge on any atom is -0.496 e. The van der Waals surface area contributed by atoms with Crippen molar-refractivity contribution < 1.29 is 13.2 Å². The van der Waals surface area contributed by atoms with Crippen LogP contribution in [0.4, 0.5) is 5.82 Å². The minimum absolute atomic E-state index is 0.352.